The van der Waals surface area contributed by atoms with E-state index in [0.717, 1.165) is 37.1 Å². The van der Waals surface area contributed by atoms with Crippen molar-refractivity contribution in [3.05, 3.63) is 71.8 Å². The SMILES string of the molecule is CCCCCCN1CCC(C(O)(c2ccccc2)c2ccccc2)CC1. The summed E-state index contributed by atoms with van der Waals surface area (Å²) in [5.41, 5.74) is 1.15. The molecular weight excluding hydrogens is 318 g/mol. The van der Waals surface area contributed by atoms with Gasteiger partial charge in [-0.1, -0.05) is 86.8 Å². The van der Waals surface area contributed by atoms with Gasteiger partial charge in [0.2, 0.25) is 0 Å². The van der Waals surface area contributed by atoms with E-state index in [2.05, 4.69) is 36.1 Å². The largest absolute Gasteiger partial charge is 0.380 e. The highest BCUT2D eigenvalue weighted by Crippen LogP contribution is 2.41. The van der Waals surface area contributed by atoms with Gasteiger partial charge in [0.25, 0.3) is 0 Å². The predicted octanol–water partition coefficient (Wildman–Crippen LogP) is 5.21. The number of likely N-dealkylation sites (tertiary alicyclic amines) is 1. The molecule has 0 atom stereocenters. The van der Waals surface area contributed by atoms with Gasteiger partial charge in [-0.2, -0.15) is 0 Å². The van der Waals surface area contributed by atoms with Crippen molar-refractivity contribution in [1.29, 1.82) is 0 Å². The lowest BCUT2D eigenvalue weighted by atomic mass is 9.72. The summed E-state index contributed by atoms with van der Waals surface area (Å²) in [5, 5.41) is 11.9. The van der Waals surface area contributed by atoms with Crippen molar-refractivity contribution < 1.29 is 5.11 Å². The normalized spacial score (nSPS) is 16.7. The Morgan fingerprint density at radius 3 is 1.88 bits per heavy atom. The summed E-state index contributed by atoms with van der Waals surface area (Å²) in [5.74, 6) is 0.263. The van der Waals surface area contributed by atoms with Crippen molar-refractivity contribution in [1.82, 2.24) is 4.90 Å². The quantitative estimate of drug-likeness (QED) is 0.660. The van der Waals surface area contributed by atoms with Crippen molar-refractivity contribution in [3.63, 3.8) is 0 Å². The fourth-order valence-electron chi connectivity index (χ4n) is 4.36. The van der Waals surface area contributed by atoms with E-state index < -0.39 is 5.60 Å². The van der Waals surface area contributed by atoms with Crippen LogP contribution in [-0.2, 0) is 5.60 Å². The molecule has 140 valence electrons. The molecule has 1 aliphatic rings. The number of rotatable bonds is 8. The Kier molecular flexibility index (Phi) is 6.87. The van der Waals surface area contributed by atoms with Crippen LogP contribution in [0, 0.1) is 5.92 Å². The van der Waals surface area contributed by atoms with Crippen LogP contribution in [0.1, 0.15) is 56.6 Å². The molecule has 0 radical (unpaired) electrons. The van der Waals surface area contributed by atoms with Gasteiger partial charge in [-0.05, 0) is 55.9 Å². The molecule has 1 heterocycles. The third-order valence-electron chi connectivity index (χ3n) is 5.93. The first-order valence-corrected chi connectivity index (χ1v) is 10.3. The Bertz CT molecular complexity index is 592. The third-order valence-corrected chi connectivity index (χ3v) is 5.93. The van der Waals surface area contributed by atoms with Crippen LogP contribution in [0.5, 0.6) is 0 Å². The van der Waals surface area contributed by atoms with E-state index in [9.17, 15) is 5.11 Å². The molecule has 2 nitrogen and oxygen atoms in total. The number of unbranched alkanes of at least 4 members (excludes halogenated alkanes) is 3. The third kappa shape index (κ3) is 4.36. The van der Waals surface area contributed by atoms with Crippen molar-refractivity contribution in [2.45, 2.75) is 51.0 Å². The van der Waals surface area contributed by atoms with Gasteiger partial charge in [0.15, 0.2) is 0 Å². The summed E-state index contributed by atoms with van der Waals surface area (Å²) >= 11 is 0. The Balaban J connectivity index is 1.72. The maximum absolute atomic E-state index is 11.9. The Morgan fingerprint density at radius 2 is 1.38 bits per heavy atom. The topological polar surface area (TPSA) is 23.5 Å². The number of hydrogen-bond acceptors (Lipinski definition) is 2. The fourth-order valence-corrected chi connectivity index (χ4v) is 4.36. The molecule has 2 heteroatoms. The van der Waals surface area contributed by atoms with Crippen molar-refractivity contribution in [2.24, 2.45) is 5.92 Å². The van der Waals surface area contributed by atoms with Crippen LogP contribution >= 0.6 is 0 Å². The molecule has 1 saturated heterocycles. The Morgan fingerprint density at radius 1 is 0.846 bits per heavy atom. The first kappa shape index (κ1) is 19.1. The predicted molar refractivity (Wildman–Crippen MR) is 109 cm³/mol. The van der Waals surface area contributed by atoms with Crippen LogP contribution < -0.4 is 0 Å². The average Bonchev–Trinajstić information content (AvgIpc) is 2.72. The smallest absolute Gasteiger partial charge is 0.117 e. The zero-order valence-electron chi connectivity index (χ0n) is 16.1. The van der Waals surface area contributed by atoms with E-state index in [1.165, 1.54) is 32.2 Å². The maximum Gasteiger partial charge on any atom is 0.117 e. The van der Waals surface area contributed by atoms with E-state index in [1.807, 2.05) is 36.4 Å². The molecule has 1 aliphatic heterocycles. The molecule has 0 amide bonds. The molecule has 0 spiro atoms. The molecule has 2 aromatic rings. The minimum absolute atomic E-state index is 0.263. The zero-order chi connectivity index (χ0) is 18.2. The summed E-state index contributed by atoms with van der Waals surface area (Å²) < 4.78 is 0. The number of benzene rings is 2. The lowest BCUT2D eigenvalue weighted by Crippen LogP contribution is -2.44. The summed E-state index contributed by atoms with van der Waals surface area (Å²) in [6.45, 7) is 5.67. The van der Waals surface area contributed by atoms with Gasteiger partial charge < -0.3 is 10.0 Å². The molecule has 0 bridgehead atoms. The van der Waals surface area contributed by atoms with Crippen LogP contribution in [-0.4, -0.2) is 29.6 Å². The second kappa shape index (κ2) is 9.34. The van der Waals surface area contributed by atoms with Gasteiger partial charge in [-0.25, -0.2) is 0 Å². The van der Waals surface area contributed by atoms with Gasteiger partial charge in [0, 0.05) is 0 Å². The highest BCUT2D eigenvalue weighted by atomic mass is 16.3. The summed E-state index contributed by atoms with van der Waals surface area (Å²) in [6, 6.07) is 20.5. The van der Waals surface area contributed by atoms with Crippen LogP contribution in [0.2, 0.25) is 0 Å². The van der Waals surface area contributed by atoms with Gasteiger partial charge in [-0.3, -0.25) is 0 Å². The number of hydrogen-bond donors (Lipinski definition) is 1. The van der Waals surface area contributed by atoms with Crippen molar-refractivity contribution in [2.75, 3.05) is 19.6 Å². The Hall–Kier alpha value is -1.64. The van der Waals surface area contributed by atoms with Gasteiger partial charge in [-0.15, -0.1) is 0 Å². The van der Waals surface area contributed by atoms with E-state index in [-0.39, 0.29) is 5.92 Å². The lowest BCUT2D eigenvalue weighted by Gasteiger charge is -2.42. The zero-order valence-corrected chi connectivity index (χ0v) is 16.1. The number of nitrogens with zero attached hydrogens (tertiary/aromatic N) is 1. The van der Waals surface area contributed by atoms with E-state index in [4.69, 9.17) is 0 Å². The molecule has 0 saturated carbocycles. The Labute approximate surface area is 158 Å². The molecule has 0 aromatic heterocycles. The molecule has 26 heavy (non-hydrogen) atoms. The summed E-state index contributed by atoms with van der Waals surface area (Å²) in [4.78, 5) is 2.59. The van der Waals surface area contributed by atoms with Crippen molar-refractivity contribution in [3.8, 4) is 0 Å². The molecule has 0 aliphatic carbocycles. The minimum Gasteiger partial charge on any atom is -0.380 e. The second-order valence-electron chi connectivity index (χ2n) is 7.68. The number of aliphatic hydroxyl groups is 1. The summed E-state index contributed by atoms with van der Waals surface area (Å²) in [7, 11) is 0. The van der Waals surface area contributed by atoms with Crippen LogP contribution in [0.4, 0.5) is 0 Å². The first-order valence-electron chi connectivity index (χ1n) is 10.3. The highest BCUT2D eigenvalue weighted by Gasteiger charge is 2.41. The van der Waals surface area contributed by atoms with Gasteiger partial charge in [0.1, 0.15) is 5.60 Å². The van der Waals surface area contributed by atoms with E-state index in [0.29, 0.717) is 0 Å². The van der Waals surface area contributed by atoms with Crippen LogP contribution in [0.25, 0.3) is 0 Å². The molecule has 0 unspecified atom stereocenters. The lowest BCUT2D eigenvalue weighted by molar-refractivity contribution is -0.0143. The van der Waals surface area contributed by atoms with E-state index >= 15 is 0 Å². The molecule has 3 rings (SSSR count). The van der Waals surface area contributed by atoms with Crippen LogP contribution in [0.3, 0.4) is 0 Å². The van der Waals surface area contributed by atoms with Gasteiger partial charge in [0.05, 0.1) is 0 Å². The highest BCUT2D eigenvalue weighted by molar-refractivity contribution is 5.37. The van der Waals surface area contributed by atoms with Crippen molar-refractivity contribution >= 4 is 0 Å². The molecule has 1 N–H and O–H groups in total. The standard InChI is InChI=1S/C24H33NO/c1-2-3-4-11-18-25-19-16-23(17-20-25)24(26,21-12-7-5-8-13-21)22-14-9-6-10-15-22/h5-10,12-15,23,26H,2-4,11,16-20H2,1H3. The van der Waals surface area contributed by atoms with E-state index in [1.54, 1.807) is 0 Å². The molecular formula is C24H33NO. The fraction of sp³-hybridized carbons (Fsp3) is 0.500. The van der Waals surface area contributed by atoms with Crippen LogP contribution in [0.15, 0.2) is 60.7 Å². The van der Waals surface area contributed by atoms with Gasteiger partial charge >= 0.3 is 0 Å². The maximum atomic E-state index is 11.9. The molecule has 1 fully saturated rings. The average molecular weight is 352 g/mol. The monoisotopic (exact) mass is 351 g/mol. The summed E-state index contributed by atoms with van der Waals surface area (Å²) in [6.07, 6.45) is 7.39. The first-order chi connectivity index (χ1) is 12.7. The minimum atomic E-state index is -0.892. The second-order valence-corrected chi connectivity index (χ2v) is 7.68. The number of piperidine rings is 1. The molecule has 2 aromatic carbocycles.